The van der Waals surface area contributed by atoms with Gasteiger partial charge in [0.05, 0.1) is 12.3 Å². The van der Waals surface area contributed by atoms with Crippen LogP contribution >= 0.6 is 0 Å². The number of rotatable bonds is 5. The highest BCUT2D eigenvalue weighted by Crippen LogP contribution is 1.89. The van der Waals surface area contributed by atoms with Crippen molar-refractivity contribution in [3.05, 3.63) is 0 Å². The van der Waals surface area contributed by atoms with E-state index in [0.29, 0.717) is 0 Å². The van der Waals surface area contributed by atoms with Gasteiger partial charge in [-0.2, -0.15) is 0 Å². The van der Waals surface area contributed by atoms with E-state index in [1.165, 1.54) is 11.2 Å². The fraction of sp³-hybridized carbons (Fsp3) is 0.875. The lowest BCUT2D eigenvalue weighted by molar-refractivity contribution is -0.127. The molecule has 1 atom stereocenters. The third-order valence-corrected chi connectivity index (χ3v) is 2.76. The van der Waals surface area contributed by atoms with E-state index >= 15 is 0 Å². The van der Waals surface area contributed by atoms with Crippen molar-refractivity contribution >= 4 is 15.7 Å². The molecule has 6 heteroatoms. The molecule has 0 bridgehead atoms. The average Bonchev–Trinajstić information content (AvgIpc) is 1.96. The van der Waals surface area contributed by atoms with Gasteiger partial charge in [0.15, 0.2) is 0 Å². The van der Waals surface area contributed by atoms with Crippen LogP contribution in [-0.2, 0) is 14.6 Å². The number of carbonyl (C=O) groups excluding carboxylic acids is 1. The summed E-state index contributed by atoms with van der Waals surface area (Å²) >= 11 is 0. The van der Waals surface area contributed by atoms with E-state index in [9.17, 15) is 13.2 Å². The molecule has 0 saturated heterocycles. The van der Waals surface area contributed by atoms with Gasteiger partial charge in [0.2, 0.25) is 5.91 Å². The highest BCUT2D eigenvalue weighted by molar-refractivity contribution is 7.90. The molecule has 0 fully saturated rings. The number of nitrogens with zero attached hydrogens (tertiary/aromatic N) is 1. The van der Waals surface area contributed by atoms with Crippen molar-refractivity contribution in [2.45, 2.75) is 13.0 Å². The summed E-state index contributed by atoms with van der Waals surface area (Å²) in [5.41, 5.74) is 0. The van der Waals surface area contributed by atoms with Crippen molar-refractivity contribution in [2.24, 2.45) is 0 Å². The topological polar surface area (TPSA) is 66.5 Å². The molecule has 84 valence electrons. The van der Waals surface area contributed by atoms with Gasteiger partial charge in [-0.05, 0) is 6.92 Å². The minimum absolute atomic E-state index is 0.0493. The van der Waals surface area contributed by atoms with Crippen LogP contribution in [-0.4, -0.2) is 57.9 Å². The molecule has 0 heterocycles. The Balaban J connectivity index is 3.86. The van der Waals surface area contributed by atoms with Crippen molar-refractivity contribution in [3.63, 3.8) is 0 Å². The zero-order valence-corrected chi connectivity index (χ0v) is 9.89. The smallest absolute Gasteiger partial charge is 0.236 e. The number of nitrogens with one attached hydrogen (secondary N) is 1. The monoisotopic (exact) mass is 222 g/mol. The van der Waals surface area contributed by atoms with Crippen molar-refractivity contribution in [1.82, 2.24) is 10.2 Å². The zero-order valence-electron chi connectivity index (χ0n) is 9.07. The first kappa shape index (κ1) is 13.4. The fourth-order valence-corrected chi connectivity index (χ4v) is 1.96. The number of likely N-dealkylation sites (N-methyl/N-ethyl adjacent to an activating group) is 1. The van der Waals surface area contributed by atoms with Crippen LogP contribution in [0.3, 0.4) is 0 Å². The Bertz CT molecular complexity index is 285. The van der Waals surface area contributed by atoms with E-state index in [1.807, 2.05) is 0 Å². The molecule has 1 amide bonds. The number of carbonyl (C=O) groups is 1. The van der Waals surface area contributed by atoms with Crippen LogP contribution in [0.15, 0.2) is 0 Å². The van der Waals surface area contributed by atoms with Crippen molar-refractivity contribution < 1.29 is 13.2 Å². The highest BCUT2D eigenvalue weighted by Gasteiger charge is 2.11. The van der Waals surface area contributed by atoms with Crippen molar-refractivity contribution in [2.75, 3.05) is 32.6 Å². The minimum Gasteiger partial charge on any atom is -0.348 e. The van der Waals surface area contributed by atoms with Gasteiger partial charge in [-0.3, -0.25) is 4.79 Å². The molecule has 0 spiro atoms. The lowest BCUT2D eigenvalue weighted by Crippen LogP contribution is -2.40. The van der Waals surface area contributed by atoms with Gasteiger partial charge in [-0.1, -0.05) is 0 Å². The standard InChI is InChI=1S/C8H18N2O3S/c1-7(6-14(4,12)13)9-5-8(11)10(2)3/h7,9H,5-6H2,1-4H3. The Morgan fingerprint density at radius 2 is 1.93 bits per heavy atom. The summed E-state index contributed by atoms with van der Waals surface area (Å²) in [6, 6.07) is -0.200. The predicted octanol–water partition coefficient (Wildman–Crippen LogP) is -0.903. The van der Waals surface area contributed by atoms with Crippen molar-refractivity contribution in [3.8, 4) is 0 Å². The summed E-state index contributed by atoms with van der Waals surface area (Å²) in [4.78, 5) is 12.6. The summed E-state index contributed by atoms with van der Waals surface area (Å²) in [5, 5.41) is 2.85. The second-order valence-corrected chi connectivity index (χ2v) is 5.85. The Morgan fingerprint density at radius 3 is 2.29 bits per heavy atom. The highest BCUT2D eigenvalue weighted by atomic mass is 32.2. The molecule has 0 aromatic heterocycles. The average molecular weight is 222 g/mol. The largest absolute Gasteiger partial charge is 0.348 e. The predicted molar refractivity (Wildman–Crippen MR) is 55.9 cm³/mol. The molecule has 0 aliphatic carbocycles. The fourth-order valence-electron chi connectivity index (χ4n) is 0.933. The summed E-state index contributed by atoms with van der Waals surface area (Å²) in [6.07, 6.45) is 1.18. The Labute approximate surface area is 85.4 Å². The molecule has 14 heavy (non-hydrogen) atoms. The van der Waals surface area contributed by atoms with Gasteiger partial charge in [0.25, 0.3) is 0 Å². The third kappa shape index (κ3) is 6.85. The summed E-state index contributed by atoms with van der Waals surface area (Å²) in [5.74, 6) is -0.0152. The second kappa shape index (κ2) is 5.31. The lowest BCUT2D eigenvalue weighted by Gasteiger charge is -2.15. The molecule has 0 radical (unpaired) electrons. The van der Waals surface area contributed by atoms with E-state index < -0.39 is 9.84 Å². The number of amides is 1. The maximum absolute atomic E-state index is 11.1. The van der Waals surface area contributed by atoms with Crippen LogP contribution < -0.4 is 5.32 Å². The van der Waals surface area contributed by atoms with Gasteiger partial charge in [-0.15, -0.1) is 0 Å². The first-order chi connectivity index (χ1) is 6.22. The number of sulfone groups is 1. The van der Waals surface area contributed by atoms with E-state index in [-0.39, 0.29) is 24.2 Å². The van der Waals surface area contributed by atoms with Gasteiger partial charge < -0.3 is 10.2 Å². The quantitative estimate of drug-likeness (QED) is 0.654. The number of hydrogen-bond donors (Lipinski definition) is 1. The first-order valence-corrected chi connectivity index (χ1v) is 6.39. The molecule has 0 aromatic carbocycles. The minimum atomic E-state index is -2.98. The SMILES string of the molecule is CC(CS(C)(=O)=O)NCC(=O)N(C)C. The maximum atomic E-state index is 11.1. The molecule has 5 nitrogen and oxygen atoms in total. The maximum Gasteiger partial charge on any atom is 0.236 e. The molecular weight excluding hydrogens is 204 g/mol. The zero-order chi connectivity index (χ0) is 11.4. The first-order valence-electron chi connectivity index (χ1n) is 4.33. The van der Waals surface area contributed by atoms with Crippen LogP contribution in [0, 0.1) is 0 Å². The number of hydrogen-bond acceptors (Lipinski definition) is 4. The van der Waals surface area contributed by atoms with Gasteiger partial charge in [0.1, 0.15) is 9.84 Å². The molecule has 1 N–H and O–H groups in total. The lowest BCUT2D eigenvalue weighted by atomic mass is 10.4. The van der Waals surface area contributed by atoms with Gasteiger partial charge in [0, 0.05) is 26.4 Å². The van der Waals surface area contributed by atoms with E-state index in [2.05, 4.69) is 5.32 Å². The normalized spacial score (nSPS) is 13.7. The van der Waals surface area contributed by atoms with Gasteiger partial charge >= 0.3 is 0 Å². The van der Waals surface area contributed by atoms with E-state index in [0.717, 1.165) is 0 Å². The molecule has 0 aliphatic heterocycles. The summed E-state index contributed by atoms with van der Waals surface area (Å²) in [7, 11) is 0.337. The molecule has 1 unspecified atom stereocenters. The van der Waals surface area contributed by atoms with Crippen LogP contribution in [0.2, 0.25) is 0 Å². The van der Waals surface area contributed by atoms with Crippen LogP contribution in [0.25, 0.3) is 0 Å². The summed E-state index contributed by atoms with van der Waals surface area (Å²) < 4.78 is 21.8. The second-order valence-electron chi connectivity index (χ2n) is 3.66. The van der Waals surface area contributed by atoms with Crippen molar-refractivity contribution in [1.29, 1.82) is 0 Å². The molecule has 0 aromatic rings. The molecular formula is C8H18N2O3S. The Hall–Kier alpha value is -0.620. The van der Waals surface area contributed by atoms with Crippen LogP contribution in [0.1, 0.15) is 6.92 Å². The van der Waals surface area contributed by atoms with E-state index in [4.69, 9.17) is 0 Å². The Kier molecular flexibility index (Phi) is 5.07. The van der Waals surface area contributed by atoms with Crippen LogP contribution in [0.4, 0.5) is 0 Å². The Morgan fingerprint density at radius 1 is 1.43 bits per heavy atom. The van der Waals surface area contributed by atoms with Gasteiger partial charge in [-0.25, -0.2) is 8.42 Å². The molecule has 0 saturated carbocycles. The third-order valence-electron chi connectivity index (χ3n) is 1.65. The molecule has 0 aliphatic rings. The van der Waals surface area contributed by atoms with E-state index in [1.54, 1.807) is 21.0 Å². The molecule has 0 rings (SSSR count). The summed E-state index contributed by atoms with van der Waals surface area (Å²) in [6.45, 7) is 1.91. The van der Waals surface area contributed by atoms with Crippen LogP contribution in [0.5, 0.6) is 0 Å².